The van der Waals surface area contributed by atoms with Gasteiger partial charge in [-0.3, -0.25) is 24.6 Å². The quantitative estimate of drug-likeness (QED) is 0.425. The molecule has 0 bridgehead atoms. The maximum absolute atomic E-state index is 11.8. The number of aryl methyl sites for hydroxylation is 1. The average molecular weight is 287 g/mol. The number of aliphatic hydroxyl groups is 2. The second kappa shape index (κ2) is 4.81. The molecule has 20 heavy (non-hydrogen) atoms. The largest absolute Gasteiger partial charge is 0.419 e. The normalized spacial score (nSPS) is 29.6. The lowest BCUT2D eigenvalue weighted by Gasteiger charge is -2.21. The van der Waals surface area contributed by atoms with E-state index in [9.17, 15) is 24.8 Å². The van der Waals surface area contributed by atoms with Crippen LogP contribution in [-0.4, -0.2) is 43.5 Å². The van der Waals surface area contributed by atoms with Gasteiger partial charge in [0.05, 0.1) is 24.1 Å². The number of hydrogen-bond donors (Lipinski definition) is 3. The summed E-state index contributed by atoms with van der Waals surface area (Å²) in [5.41, 5.74) is -1.61. The lowest BCUT2D eigenvalue weighted by Crippen LogP contribution is -2.49. The van der Waals surface area contributed by atoms with Crippen LogP contribution in [0.4, 0.5) is 0 Å². The van der Waals surface area contributed by atoms with Crippen molar-refractivity contribution in [3.63, 3.8) is 0 Å². The Labute approximate surface area is 111 Å². The molecule has 3 N–H and O–H groups in total. The second-order valence-corrected chi connectivity index (χ2v) is 4.55. The Morgan fingerprint density at radius 3 is 2.80 bits per heavy atom. The van der Waals surface area contributed by atoms with Crippen LogP contribution in [0.25, 0.3) is 0 Å². The van der Waals surface area contributed by atoms with Crippen molar-refractivity contribution in [1.82, 2.24) is 9.55 Å². The molecule has 2 rings (SSSR count). The monoisotopic (exact) mass is 287 g/mol. The molecule has 1 aromatic rings. The van der Waals surface area contributed by atoms with Crippen LogP contribution >= 0.6 is 0 Å². The minimum atomic E-state index is -2.35. The fourth-order valence-corrected chi connectivity index (χ4v) is 2.12. The molecule has 0 unspecified atom stereocenters. The highest BCUT2D eigenvalue weighted by atomic mass is 16.7. The Hall–Kier alpha value is -2.04. The highest BCUT2D eigenvalue weighted by Crippen LogP contribution is 2.34. The van der Waals surface area contributed by atoms with E-state index in [0.29, 0.717) is 4.57 Å². The first-order valence-corrected chi connectivity index (χ1v) is 5.76. The molecule has 0 spiro atoms. The van der Waals surface area contributed by atoms with E-state index in [1.165, 1.54) is 6.92 Å². The van der Waals surface area contributed by atoms with Crippen molar-refractivity contribution in [2.45, 2.75) is 31.4 Å². The Morgan fingerprint density at radius 2 is 2.30 bits per heavy atom. The van der Waals surface area contributed by atoms with E-state index < -0.39 is 47.3 Å². The zero-order chi connectivity index (χ0) is 15.1. The lowest BCUT2D eigenvalue weighted by atomic mass is 10.1. The zero-order valence-corrected chi connectivity index (χ0v) is 10.5. The molecule has 10 heteroatoms. The number of nitro groups is 1. The molecule has 1 aliphatic heterocycles. The van der Waals surface area contributed by atoms with Gasteiger partial charge in [0, 0.05) is 11.8 Å². The SMILES string of the molecule is Cc1cn([C@@]2([N+](=O)[O-])C[C@H](O)[C@@H](CO)O2)c(=O)[nH]c1=O. The van der Waals surface area contributed by atoms with E-state index in [4.69, 9.17) is 9.84 Å². The Morgan fingerprint density at radius 1 is 1.65 bits per heavy atom. The van der Waals surface area contributed by atoms with Crippen LogP contribution in [0.5, 0.6) is 0 Å². The molecule has 1 fully saturated rings. The molecule has 0 aliphatic carbocycles. The fraction of sp³-hybridized carbons (Fsp3) is 0.600. The first-order chi connectivity index (χ1) is 9.31. The van der Waals surface area contributed by atoms with E-state index in [1.54, 1.807) is 0 Å². The maximum Gasteiger partial charge on any atom is 0.419 e. The predicted octanol–water partition coefficient (Wildman–Crippen LogP) is -2.13. The average Bonchev–Trinajstić information content (AvgIpc) is 2.72. The van der Waals surface area contributed by atoms with Crippen LogP contribution < -0.4 is 11.2 Å². The van der Waals surface area contributed by atoms with Crippen molar-refractivity contribution in [1.29, 1.82) is 0 Å². The van der Waals surface area contributed by atoms with Crippen LogP contribution in [0.15, 0.2) is 15.8 Å². The van der Waals surface area contributed by atoms with E-state index in [1.807, 2.05) is 4.98 Å². The van der Waals surface area contributed by atoms with E-state index in [0.717, 1.165) is 6.20 Å². The first kappa shape index (κ1) is 14.4. The number of aromatic nitrogens is 2. The van der Waals surface area contributed by atoms with Crippen LogP contribution in [0.1, 0.15) is 12.0 Å². The molecule has 0 saturated carbocycles. The number of aromatic amines is 1. The molecule has 0 aromatic carbocycles. The molecule has 1 aliphatic rings. The standard InChI is InChI=1S/C10H13N3O7/c1-5-3-12(9(17)11-8(5)16)10(13(18)19)2-6(15)7(4-14)20-10/h3,6-7,14-15H,2,4H2,1H3,(H,11,16,17)/t6-,7+,10+/m0/s1. The number of nitrogens with one attached hydrogen (secondary N) is 1. The summed E-state index contributed by atoms with van der Waals surface area (Å²) < 4.78 is 5.69. The topological polar surface area (TPSA) is 148 Å². The molecule has 0 amide bonds. The van der Waals surface area contributed by atoms with Crippen LogP contribution in [0.2, 0.25) is 0 Å². The van der Waals surface area contributed by atoms with Gasteiger partial charge in [-0.2, -0.15) is 0 Å². The summed E-state index contributed by atoms with van der Waals surface area (Å²) in [5, 5.41) is 30.0. The van der Waals surface area contributed by atoms with Gasteiger partial charge in [-0.05, 0) is 6.92 Å². The third kappa shape index (κ3) is 2.03. The van der Waals surface area contributed by atoms with Crippen molar-refractivity contribution in [3.8, 4) is 0 Å². The van der Waals surface area contributed by atoms with Gasteiger partial charge in [0.2, 0.25) is 0 Å². The van der Waals surface area contributed by atoms with Crippen molar-refractivity contribution >= 4 is 0 Å². The third-order valence-electron chi connectivity index (χ3n) is 3.21. The minimum Gasteiger partial charge on any atom is -0.394 e. The zero-order valence-electron chi connectivity index (χ0n) is 10.5. The van der Waals surface area contributed by atoms with Gasteiger partial charge in [-0.1, -0.05) is 0 Å². The van der Waals surface area contributed by atoms with Gasteiger partial charge in [-0.15, -0.1) is 0 Å². The summed E-state index contributed by atoms with van der Waals surface area (Å²) in [4.78, 5) is 35.4. The summed E-state index contributed by atoms with van der Waals surface area (Å²) in [6, 6.07) is 0. The van der Waals surface area contributed by atoms with Gasteiger partial charge < -0.3 is 10.2 Å². The van der Waals surface area contributed by atoms with E-state index in [-0.39, 0.29) is 5.56 Å². The number of rotatable bonds is 3. The lowest BCUT2D eigenvalue weighted by molar-refractivity contribution is -0.662. The van der Waals surface area contributed by atoms with E-state index in [2.05, 4.69) is 0 Å². The molecular weight excluding hydrogens is 274 g/mol. The molecule has 0 radical (unpaired) electrons. The molecule has 2 heterocycles. The van der Waals surface area contributed by atoms with Crippen LogP contribution in [-0.2, 0) is 10.6 Å². The van der Waals surface area contributed by atoms with Gasteiger partial charge in [-0.25, -0.2) is 9.36 Å². The van der Waals surface area contributed by atoms with Crippen molar-refractivity contribution in [2.75, 3.05) is 6.61 Å². The Bertz CT molecular complexity index is 651. The van der Waals surface area contributed by atoms with Gasteiger partial charge in [0.15, 0.2) is 0 Å². The predicted molar refractivity (Wildman–Crippen MR) is 63.6 cm³/mol. The first-order valence-electron chi connectivity index (χ1n) is 5.76. The molecule has 1 aromatic heterocycles. The minimum absolute atomic E-state index is 0.0800. The number of nitrogens with zero attached hydrogens (tertiary/aromatic N) is 2. The Kier molecular flexibility index (Phi) is 3.46. The smallest absolute Gasteiger partial charge is 0.394 e. The summed E-state index contributed by atoms with van der Waals surface area (Å²) in [6.07, 6.45) is -2.00. The van der Waals surface area contributed by atoms with Crippen LogP contribution in [0, 0.1) is 17.0 Å². The van der Waals surface area contributed by atoms with Gasteiger partial charge >= 0.3 is 11.5 Å². The number of aliphatic hydroxyl groups excluding tert-OH is 2. The number of ether oxygens (including phenoxy) is 1. The summed E-state index contributed by atoms with van der Waals surface area (Å²) >= 11 is 0. The van der Waals surface area contributed by atoms with Crippen molar-refractivity contribution < 1.29 is 19.9 Å². The van der Waals surface area contributed by atoms with Crippen LogP contribution in [0.3, 0.4) is 0 Å². The highest BCUT2D eigenvalue weighted by molar-refractivity contribution is 5.03. The summed E-state index contributed by atoms with van der Waals surface area (Å²) in [5.74, 6) is -2.35. The van der Waals surface area contributed by atoms with Crippen molar-refractivity contribution in [2.24, 2.45) is 0 Å². The summed E-state index contributed by atoms with van der Waals surface area (Å²) in [7, 11) is 0. The summed E-state index contributed by atoms with van der Waals surface area (Å²) in [6.45, 7) is 0.741. The second-order valence-electron chi connectivity index (χ2n) is 4.55. The fourth-order valence-electron chi connectivity index (χ4n) is 2.12. The number of H-pyrrole nitrogens is 1. The van der Waals surface area contributed by atoms with Gasteiger partial charge in [0.25, 0.3) is 5.56 Å². The molecule has 1 saturated heterocycles. The van der Waals surface area contributed by atoms with Gasteiger partial charge in [0.1, 0.15) is 6.10 Å². The molecular formula is C10H13N3O7. The van der Waals surface area contributed by atoms with Crippen molar-refractivity contribution in [3.05, 3.63) is 42.7 Å². The number of hydrogen-bond acceptors (Lipinski definition) is 7. The Balaban J connectivity index is 2.62. The highest BCUT2D eigenvalue weighted by Gasteiger charge is 2.58. The molecule has 10 nitrogen and oxygen atoms in total. The molecule has 3 atom stereocenters. The molecule has 110 valence electrons. The van der Waals surface area contributed by atoms with E-state index >= 15 is 0 Å². The third-order valence-corrected chi connectivity index (χ3v) is 3.21. The maximum atomic E-state index is 11.8.